The van der Waals surface area contributed by atoms with Gasteiger partial charge < -0.3 is 13.8 Å². The number of ether oxygens (including phenoxy) is 1. The lowest BCUT2D eigenvalue weighted by molar-refractivity contribution is 0.00630. The lowest BCUT2D eigenvalue weighted by Gasteiger charge is -2.30. The number of imidazole rings is 1. The van der Waals surface area contributed by atoms with Gasteiger partial charge in [0.25, 0.3) is 0 Å². The third-order valence-corrected chi connectivity index (χ3v) is 5.20. The van der Waals surface area contributed by atoms with Crippen molar-refractivity contribution in [3.8, 4) is 0 Å². The number of rotatable bonds is 3. The van der Waals surface area contributed by atoms with Crippen LogP contribution < -0.4 is 0 Å². The predicted molar refractivity (Wildman–Crippen MR) is 98.0 cm³/mol. The van der Waals surface area contributed by atoms with Crippen LogP contribution >= 0.6 is 0 Å². The number of halogens is 1. The minimum Gasteiger partial charge on any atom is -0.378 e. The average Bonchev–Trinajstić information content (AvgIpc) is 3.29. The van der Waals surface area contributed by atoms with E-state index in [4.69, 9.17) is 14.2 Å². The number of aromatic nitrogens is 4. The van der Waals surface area contributed by atoms with E-state index in [0.717, 1.165) is 46.3 Å². The molecule has 1 fully saturated rings. The first-order valence-electron chi connectivity index (χ1n) is 9.15. The summed E-state index contributed by atoms with van der Waals surface area (Å²) in [5, 5.41) is 4.81. The van der Waals surface area contributed by atoms with E-state index in [-0.39, 0.29) is 18.0 Å². The molecule has 1 aliphatic heterocycles. The van der Waals surface area contributed by atoms with Gasteiger partial charge in [-0.2, -0.15) is 0 Å². The van der Waals surface area contributed by atoms with Crippen LogP contribution in [0.5, 0.6) is 0 Å². The maximum Gasteiger partial charge on any atom is 0.124 e. The maximum atomic E-state index is 14.0. The largest absolute Gasteiger partial charge is 0.378 e. The van der Waals surface area contributed by atoms with Gasteiger partial charge in [0.05, 0.1) is 35.4 Å². The molecule has 4 aromatic rings. The Morgan fingerprint density at radius 1 is 1.26 bits per heavy atom. The van der Waals surface area contributed by atoms with Crippen molar-refractivity contribution in [2.75, 3.05) is 6.61 Å². The highest BCUT2D eigenvalue weighted by atomic mass is 19.1. The molecule has 0 amide bonds. The molecule has 1 aromatic carbocycles. The average molecular weight is 366 g/mol. The maximum absolute atomic E-state index is 14.0. The molecular formula is C20H19FN4O2. The summed E-state index contributed by atoms with van der Waals surface area (Å²) >= 11 is 0. The number of fused-ring (bicyclic) bond motifs is 3. The molecule has 2 atom stereocenters. The minimum atomic E-state index is -0.275. The molecule has 0 radical (unpaired) electrons. The van der Waals surface area contributed by atoms with E-state index in [1.54, 1.807) is 24.6 Å². The van der Waals surface area contributed by atoms with E-state index in [1.165, 1.54) is 6.07 Å². The van der Waals surface area contributed by atoms with E-state index in [2.05, 4.69) is 21.6 Å². The first-order chi connectivity index (χ1) is 13.2. The fourth-order valence-corrected chi connectivity index (χ4v) is 4.01. The lowest BCUT2D eigenvalue weighted by atomic mass is 10.0. The monoisotopic (exact) mass is 366 g/mol. The van der Waals surface area contributed by atoms with Gasteiger partial charge >= 0.3 is 0 Å². The van der Waals surface area contributed by atoms with E-state index < -0.39 is 0 Å². The van der Waals surface area contributed by atoms with Crippen LogP contribution in [0, 0.1) is 5.82 Å². The van der Waals surface area contributed by atoms with Crippen molar-refractivity contribution in [1.82, 2.24) is 19.7 Å². The molecule has 0 aliphatic carbocycles. The second-order valence-electron chi connectivity index (χ2n) is 7.08. The van der Waals surface area contributed by atoms with Gasteiger partial charge in [-0.1, -0.05) is 5.16 Å². The van der Waals surface area contributed by atoms with Gasteiger partial charge in [-0.3, -0.25) is 4.98 Å². The molecule has 4 heterocycles. The third kappa shape index (κ3) is 2.88. The minimum absolute atomic E-state index is 0.172. The number of nitrogens with zero attached hydrogens (tertiary/aromatic N) is 4. The van der Waals surface area contributed by atoms with Crippen LogP contribution in [-0.2, 0) is 11.2 Å². The number of benzene rings is 1. The van der Waals surface area contributed by atoms with Crippen LogP contribution in [0.15, 0.2) is 41.2 Å². The van der Waals surface area contributed by atoms with Crippen molar-refractivity contribution in [2.24, 2.45) is 0 Å². The van der Waals surface area contributed by atoms with Crippen LogP contribution in [-0.4, -0.2) is 32.4 Å². The van der Waals surface area contributed by atoms with E-state index in [9.17, 15) is 4.39 Å². The molecule has 1 aliphatic rings. The van der Waals surface area contributed by atoms with Crippen molar-refractivity contribution in [3.63, 3.8) is 0 Å². The summed E-state index contributed by atoms with van der Waals surface area (Å²) in [6.45, 7) is 2.79. The highest BCUT2D eigenvalue weighted by Crippen LogP contribution is 2.34. The van der Waals surface area contributed by atoms with E-state index in [1.807, 2.05) is 6.07 Å². The summed E-state index contributed by atoms with van der Waals surface area (Å²) in [6, 6.07) is 6.77. The van der Waals surface area contributed by atoms with Crippen molar-refractivity contribution < 1.29 is 13.7 Å². The first kappa shape index (κ1) is 16.4. The van der Waals surface area contributed by atoms with Crippen molar-refractivity contribution in [3.05, 3.63) is 54.1 Å². The second kappa shape index (κ2) is 6.42. The molecule has 5 rings (SSSR count). The Labute approximate surface area is 155 Å². The van der Waals surface area contributed by atoms with Crippen LogP contribution in [0.3, 0.4) is 0 Å². The molecule has 0 N–H and O–H groups in total. The van der Waals surface area contributed by atoms with Gasteiger partial charge in [0.15, 0.2) is 0 Å². The fourth-order valence-electron chi connectivity index (χ4n) is 4.01. The van der Waals surface area contributed by atoms with Crippen LogP contribution in [0.2, 0.25) is 0 Å². The summed E-state index contributed by atoms with van der Waals surface area (Å²) in [5.74, 6) is 0.611. The normalized spacial score (nSPS) is 20.5. The molecule has 6 nitrogen and oxygen atoms in total. The lowest BCUT2D eigenvalue weighted by Crippen LogP contribution is -2.26. The Balaban J connectivity index is 1.76. The van der Waals surface area contributed by atoms with Crippen molar-refractivity contribution >= 4 is 21.9 Å². The second-order valence-corrected chi connectivity index (χ2v) is 7.08. The molecule has 138 valence electrons. The molecule has 0 unspecified atom stereocenters. The Hall–Kier alpha value is -2.80. The Morgan fingerprint density at radius 3 is 3.00 bits per heavy atom. The third-order valence-electron chi connectivity index (χ3n) is 5.20. The van der Waals surface area contributed by atoms with Crippen LogP contribution in [0.25, 0.3) is 21.9 Å². The Morgan fingerprint density at radius 2 is 2.19 bits per heavy atom. The molecule has 3 aromatic heterocycles. The van der Waals surface area contributed by atoms with Gasteiger partial charge in [-0.05, 0) is 38.0 Å². The fraction of sp³-hybridized carbons (Fsp3) is 0.350. The summed E-state index contributed by atoms with van der Waals surface area (Å²) in [7, 11) is 0. The molecule has 27 heavy (non-hydrogen) atoms. The standard InChI is InChI=1S/C20H19FN4O2/c1-12-8-15(5-6-26-12)25-19(10-14-4-7-27-24-14)23-18-11-22-17-3-2-13(21)9-16(17)20(18)25/h2-4,7,9,11-12,15H,5-6,8,10H2,1H3/t12-,15-/m0/s1. The topological polar surface area (TPSA) is 66.0 Å². The van der Waals surface area contributed by atoms with E-state index in [0.29, 0.717) is 13.0 Å². The summed E-state index contributed by atoms with van der Waals surface area (Å²) in [6.07, 6.45) is 5.82. The van der Waals surface area contributed by atoms with Crippen molar-refractivity contribution in [2.45, 2.75) is 38.3 Å². The smallest absolute Gasteiger partial charge is 0.124 e. The number of hydrogen-bond acceptors (Lipinski definition) is 5. The molecular weight excluding hydrogens is 347 g/mol. The number of hydrogen-bond donors (Lipinski definition) is 0. The highest BCUT2D eigenvalue weighted by Gasteiger charge is 2.26. The van der Waals surface area contributed by atoms with Crippen LogP contribution in [0.4, 0.5) is 4.39 Å². The Kier molecular flexibility index (Phi) is 3.89. The highest BCUT2D eigenvalue weighted by molar-refractivity contribution is 6.02. The first-order valence-corrected chi connectivity index (χ1v) is 9.15. The van der Waals surface area contributed by atoms with Crippen LogP contribution in [0.1, 0.15) is 37.3 Å². The number of pyridine rings is 1. The van der Waals surface area contributed by atoms with Gasteiger partial charge in [0.1, 0.15) is 23.4 Å². The van der Waals surface area contributed by atoms with Crippen molar-refractivity contribution in [1.29, 1.82) is 0 Å². The van der Waals surface area contributed by atoms with E-state index >= 15 is 0 Å². The van der Waals surface area contributed by atoms with Gasteiger partial charge in [0.2, 0.25) is 0 Å². The summed E-state index contributed by atoms with van der Waals surface area (Å²) in [4.78, 5) is 9.28. The SMILES string of the molecule is C[C@H]1C[C@@H](n2c(Cc3ccon3)nc3cnc4ccc(F)cc4c32)CCO1. The van der Waals surface area contributed by atoms with Gasteiger partial charge in [-0.25, -0.2) is 9.37 Å². The molecule has 7 heteroatoms. The predicted octanol–water partition coefficient (Wildman–Crippen LogP) is 4.04. The molecule has 1 saturated heterocycles. The molecule has 0 spiro atoms. The summed E-state index contributed by atoms with van der Waals surface area (Å²) < 4.78 is 27.0. The zero-order valence-corrected chi connectivity index (χ0v) is 14.9. The zero-order valence-electron chi connectivity index (χ0n) is 14.9. The van der Waals surface area contributed by atoms with Gasteiger partial charge in [-0.15, -0.1) is 0 Å². The Bertz CT molecular complexity index is 1110. The quantitative estimate of drug-likeness (QED) is 0.547. The summed E-state index contributed by atoms with van der Waals surface area (Å²) in [5.41, 5.74) is 3.27. The molecule has 0 saturated carbocycles. The van der Waals surface area contributed by atoms with Gasteiger partial charge in [0, 0.05) is 24.1 Å². The molecule has 0 bridgehead atoms. The zero-order chi connectivity index (χ0) is 18.4.